The zero-order valence-electron chi connectivity index (χ0n) is 9.39. The number of rotatable bonds is 3. The minimum atomic E-state index is -0.236. The van der Waals surface area contributed by atoms with Crippen LogP contribution in [0.1, 0.15) is 31.9 Å². The molecule has 4 heteroatoms. The quantitative estimate of drug-likeness (QED) is 0.920. The van der Waals surface area contributed by atoms with Crippen LogP contribution in [0.15, 0.2) is 16.6 Å². The molecule has 88 valence electrons. The van der Waals surface area contributed by atoms with E-state index in [1.807, 2.05) is 6.92 Å². The first kappa shape index (κ1) is 11.9. The van der Waals surface area contributed by atoms with Crippen LogP contribution in [0.3, 0.4) is 0 Å². The Hall–Kier alpha value is -0.610. The maximum Gasteiger partial charge on any atom is 0.137 e. The van der Waals surface area contributed by atoms with E-state index in [0.29, 0.717) is 4.47 Å². The van der Waals surface area contributed by atoms with Gasteiger partial charge in [0.1, 0.15) is 17.7 Å². The molecule has 0 radical (unpaired) electrons. The summed E-state index contributed by atoms with van der Waals surface area (Å²) < 4.78 is 19.6. The summed E-state index contributed by atoms with van der Waals surface area (Å²) in [6, 6.07) is 3.35. The van der Waals surface area contributed by atoms with Gasteiger partial charge in [-0.15, -0.1) is 0 Å². The van der Waals surface area contributed by atoms with Crippen LogP contribution in [0, 0.1) is 5.82 Å². The zero-order chi connectivity index (χ0) is 11.7. The molecule has 1 aromatic carbocycles. The molecule has 0 bridgehead atoms. The Balaban J connectivity index is 2.29. The fourth-order valence-corrected chi connectivity index (χ4v) is 2.31. The molecule has 0 fully saturated rings. The van der Waals surface area contributed by atoms with Crippen LogP contribution in [-0.2, 0) is 0 Å². The summed E-state index contributed by atoms with van der Waals surface area (Å²) >= 11 is 3.17. The third kappa shape index (κ3) is 2.09. The normalized spacial score (nSPS) is 23.0. The van der Waals surface area contributed by atoms with Gasteiger partial charge in [-0.2, -0.15) is 0 Å². The van der Waals surface area contributed by atoms with E-state index in [-0.39, 0.29) is 18.0 Å². The summed E-state index contributed by atoms with van der Waals surface area (Å²) in [6.07, 6.45) is 1.10. The van der Waals surface area contributed by atoms with E-state index in [2.05, 4.69) is 28.2 Å². The SMILES string of the molecule is CCCNC1c2cc(F)c(Br)cc2OC1C. The molecule has 16 heavy (non-hydrogen) atoms. The predicted octanol–water partition coefficient (Wildman–Crippen LogP) is 3.41. The number of hydrogen-bond donors (Lipinski definition) is 1. The molecule has 1 N–H and O–H groups in total. The molecule has 2 rings (SSSR count). The molecule has 0 spiro atoms. The number of hydrogen-bond acceptors (Lipinski definition) is 2. The maximum absolute atomic E-state index is 13.5. The highest BCUT2D eigenvalue weighted by molar-refractivity contribution is 9.10. The van der Waals surface area contributed by atoms with E-state index in [4.69, 9.17) is 4.74 Å². The monoisotopic (exact) mass is 287 g/mol. The number of benzene rings is 1. The number of nitrogens with one attached hydrogen (secondary N) is 1. The number of halogens is 2. The third-order valence-electron chi connectivity index (χ3n) is 2.78. The first-order chi connectivity index (χ1) is 7.63. The summed E-state index contributed by atoms with van der Waals surface area (Å²) in [7, 11) is 0. The van der Waals surface area contributed by atoms with Crippen molar-refractivity contribution >= 4 is 15.9 Å². The van der Waals surface area contributed by atoms with Gasteiger partial charge >= 0.3 is 0 Å². The minimum Gasteiger partial charge on any atom is -0.488 e. The predicted molar refractivity (Wildman–Crippen MR) is 65.2 cm³/mol. The highest BCUT2D eigenvalue weighted by Crippen LogP contribution is 2.39. The van der Waals surface area contributed by atoms with Crippen LogP contribution in [-0.4, -0.2) is 12.6 Å². The Morgan fingerprint density at radius 2 is 2.25 bits per heavy atom. The van der Waals surface area contributed by atoms with Crippen molar-refractivity contribution in [3.8, 4) is 5.75 Å². The maximum atomic E-state index is 13.5. The first-order valence-electron chi connectivity index (χ1n) is 5.52. The van der Waals surface area contributed by atoms with Gasteiger partial charge in [-0.05, 0) is 48.0 Å². The average molecular weight is 288 g/mol. The molecule has 0 amide bonds. The molecule has 0 aliphatic carbocycles. The van der Waals surface area contributed by atoms with Crippen molar-refractivity contribution in [1.29, 1.82) is 0 Å². The summed E-state index contributed by atoms with van der Waals surface area (Å²) in [5, 5.41) is 3.38. The van der Waals surface area contributed by atoms with Crippen molar-refractivity contribution in [3.63, 3.8) is 0 Å². The summed E-state index contributed by atoms with van der Waals surface area (Å²) in [5.74, 6) is 0.536. The van der Waals surface area contributed by atoms with Crippen LogP contribution in [0.4, 0.5) is 4.39 Å². The van der Waals surface area contributed by atoms with Gasteiger partial charge in [0.05, 0.1) is 10.5 Å². The van der Waals surface area contributed by atoms with Gasteiger partial charge in [-0.25, -0.2) is 4.39 Å². The Morgan fingerprint density at radius 1 is 1.50 bits per heavy atom. The molecule has 0 aromatic heterocycles. The second-order valence-corrected chi connectivity index (χ2v) is 4.91. The fourth-order valence-electron chi connectivity index (χ4n) is 1.99. The van der Waals surface area contributed by atoms with E-state index in [9.17, 15) is 4.39 Å². The fraction of sp³-hybridized carbons (Fsp3) is 0.500. The lowest BCUT2D eigenvalue weighted by Gasteiger charge is -2.16. The van der Waals surface area contributed by atoms with Crippen molar-refractivity contribution in [2.45, 2.75) is 32.4 Å². The van der Waals surface area contributed by atoms with E-state index >= 15 is 0 Å². The van der Waals surface area contributed by atoms with Crippen molar-refractivity contribution in [3.05, 3.63) is 28.0 Å². The summed E-state index contributed by atoms with van der Waals surface area (Å²) in [5.41, 5.74) is 0.918. The Labute approximate surface area is 103 Å². The minimum absolute atomic E-state index is 0.0512. The molecule has 2 atom stereocenters. The van der Waals surface area contributed by atoms with E-state index in [1.54, 1.807) is 12.1 Å². The van der Waals surface area contributed by atoms with Gasteiger partial charge in [0.2, 0.25) is 0 Å². The van der Waals surface area contributed by atoms with Gasteiger partial charge in [0.15, 0.2) is 0 Å². The second kappa shape index (κ2) is 4.72. The van der Waals surface area contributed by atoms with E-state index in [0.717, 1.165) is 24.3 Å². The van der Waals surface area contributed by atoms with E-state index < -0.39 is 0 Å². The highest BCUT2D eigenvalue weighted by atomic mass is 79.9. The van der Waals surface area contributed by atoms with Gasteiger partial charge in [0.25, 0.3) is 0 Å². The molecule has 1 aromatic rings. The van der Waals surface area contributed by atoms with Gasteiger partial charge in [0, 0.05) is 5.56 Å². The molecular weight excluding hydrogens is 273 g/mol. The summed E-state index contributed by atoms with van der Waals surface area (Å²) in [4.78, 5) is 0. The van der Waals surface area contributed by atoms with Crippen LogP contribution >= 0.6 is 15.9 Å². The molecule has 1 aliphatic heterocycles. The lowest BCUT2D eigenvalue weighted by Crippen LogP contribution is -2.29. The van der Waals surface area contributed by atoms with Crippen molar-refractivity contribution in [2.75, 3.05) is 6.54 Å². The standard InChI is InChI=1S/C12H15BrFNO/c1-3-4-15-12-7(2)16-11-6-9(13)10(14)5-8(11)12/h5-7,12,15H,3-4H2,1-2H3. The molecule has 2 nitrogen and oxygen atoms in total. The smallest absolute Gasteiger partial charge is 0.137 e. The first-order valence-corrected chi connectivity index (χ1v) is 6.31. The third-order valence-corrected chi connectivity index (χ3v) is 3.39. The van der Waals surface area contributed by atoms with Gasteiger partial charge in [-0.3, -0.25) is 0 Å². The molecule has 1 aliphatic rings. The van der Waals surface area contributed by atoms with Crippen LogP contribution < -0.4 is 10.1 Å². The lowest BCUT2D eigenvalue weighted by molar-refractivity contribution is 0.210. The van der Waals surface area contributed by atoms with E-state index in [1.165, 1.54) is 0 Å². The molecular formula is C12H15BrFNO. The Kier molecular flexibility index (Phi) is 3.50. The van der Waals surface area contributed by atoms with Crippen molar-refractivity contribution < 1.29 is 9.13 Å². The lowest BCUT2D eigenvalue weighted by atomic mass is 10.0. The second-order valence-electron chi connectivity index (χ2n) is 4.06. The Morgan fingerprint density at radius 3 is 2.94 bits per heavy atom. The topological polar surface area (TPSA) is 21.3 Å². The molecule has 0 saturated carbocycles. The number of ether oxygens (including phenoxy) is 1. The molecule has 1 heterocycles. The van der Waals surface area contributed by atoms with Crippen LogP contribution in [0.25, 0.3) is 0 Å². The molecule has 2 unspecified atom stereocenters. The van der Waals surface area contributed by atoms with Crippen molar-refractivity contribution in [2.24, 2.45) is 0 Å². The Bertz CT molecular complexity index is 397. The van der Waals surface area contributed by atoms with Crippen molar-refractivity contribution in [1.82, 2.24) is 5.32 Å². The summed E-state index contributed by atoms with van der Waals surface area (Å²) in [6.45, 7) is 5.02. The van der Waals surface area contributed by atoms with Gasteiger partial charge < -0.3 is 10.1 Å². The van der Waals surface area contributed by atoms with Crippen LogP contribution in [0.5, 0.6) is 5.75 Å². The van der Waals surface area contributed by atoms with Gasteiger partial charge in [-0.1, -0.05) is 6.92 Å². The highest BCUT2D eigenvalue weighted by Gasteiger charge is 2.31. The van der Waals surface area contributed by atoms with Crippen LogP contribution in [0.2, 0.25) is 0 Å². The largest absolute Gasteiger partial charge is 0.488 e. The average Bonchev–Trinajstić information content (AvgIpc) is 2.52. The number of fused-ring (bicyclic) bond motifs is 1. The molecule has 0 saturated heterocycles. The zero-order valence-corrected chi connectivity index (χ0v) is 11.0.